The highest BCUT2D eigenvalue weighted by Gasteiger charge is 2.44. The highest BCUT2D eigenvalue weighted by molar-refractivity contribution is 5.79. The number of hydrogen-bond acceptors (Lipinski definition) is 3. The maximum absolute atomic E-state index is 12.1. The maximum atomic E-state index is 12.1. The number of carbonyl (C=O) groups excluding carboxylic acids is 1. The smallest absolute Gasteiger partial charge is 0.317 e. The summed E-state index contributed by atoms with van der Waals surface area (Å²) >= 11 is 0. The number of urea groups is 1. The fraction of sp³-hybridized carbons (Fsp3) is 0.846. The van der Waals surface area contributed by atoms with Crippen LogP contribution in [-0.4, -0.2) is 52.9 Å². The summed E-state index contributed by atoms with van der Waals surface area (Å²) in [4.78, 5) is 24.9. The molecular weight excluding hydrogens is 248 g/mol. The first-order chi connectivity index (χ1) is 9.09. The first-order valence-electron chi connectivity index (χ1n) is 6.98. The van der Waals surface area contributed by atoms with Crippen molar-refractivity contribution in [2.45, 2.75) is 44.6 Å². The van der Waals surface area contributed by atoms with Gasteiger partial charge in [0, 0.05) is 13.1 Å². The molecule has 0 aromatic carbocycles. The number of carboxylic acid groups (broad SMARTS) is 1. The number of carboxylic acids is 1. The molecule has 0 aromatic heterocycles. The Hall–Kier alpha value is -1.30. The normalized spacial score (nSPS) is 25.5. The van der Waals surface area contributed by atoms with Crippen LogP contribution in [0, 0.1) is 5.41 Å². The van der Waals surface area contributed by atoms with Crippen LogP contribution in [0.4, 0.5) is 4.79 Å². The van der Waals surface area contributed by atoms with E-state index in [1.165, 1.54) is 0 Å². The summed E-state index contributed by atoms with van der Waals surface area (Å²) in [5.74, 6) is -0.823. The third-order valence-electron chi connectivity index (χ3n) is 4.44. The molecule has 1 unspecified atom stereocenters. The van der Waals surface area contributed by atoms with E-state index in [4.69, 9.17) is 0 Å². The van der Waals surface area contributed by atoms with Gasteiger partial charge in [-0.1, -0.05) is 6.42 Å². The van der Waals surface area contributed by atoms with E-state index in [0.29, 0.717) is 19.4 Å². The Kier molecular flexibility index (Phi) is 4.29. The second-order valence-electron chi connectivity index (χ2n) is 5.62. The average Bonchev–Trinajstić information content (AvgIpc) is 2.36. The van der Waals surface area contributed by atoms with Gasteiger partial charge in [-0.25, -0.2) is 4.79 Å². The minimum absolute atomic E-state index is 0.0303. The van der Waals surface area contributed by atoms with Gasteiger partial charge in [0.1, 0.15) is 0 Å². The lowest BCUT2D eigenvalue weighted by atomic mass is 9.69. The molecule has 2 aliphatic rings. The minimum Gasteiger partial charge on any atom is -0.481 e. The number of rotatable bonds is 4. The third kappa shape index (κ3) is 2.83. The van der Waals surface area contributed by atoms with Gasteiger partial charge in [-0.2, -0.15) is 0 Å². The molecule has 1 saturated carbocycles. The summed E-state index contributed by atoms with van der Waals surface area (Å²) in [5.41, 5.74) is -0.764. The van der Waals surface area contributed by atoms with Crippen molar-refractivity contribution in [2.75, 3.05) is 19.7 Å². The SMILES string of the molecule is O=C(NCC1(C(=O)O)CCC1)N1CCCCC1CO. The summed E-state index contributed by atoms with van der Waals surface area (Å²) < 4.78 is 0. The van der Waals surface area contributed by atoms with E-state index < -0.39 is 11.4 Å². The third-order valence-corrected chi connectivity index (χ3v) is 4.44. The Morgan fingerprint density at radius 2 is 2.00 bits per heavy atom. The van der Waals surface area contributed by atoms with Crippen LogP contribution in [0.1, 0.15) is 38.5 Å². The van der Waals surface area contributed by atoms with Crippen molar-refractivity contribution < 1.29 is 19.8 Å². The van der Waals surface area contributed by atoms with E-state index in [1.54, 1.807) is 4.90 Å². The van der Waals surface area contributed by atoms with Gasteiger partial charge in [0.05, 0.1) is 18.1 Å². The van der Waals surface area contributed by atoms with Gasteiger partial charge in [0.2, 0.25) is 0 Å². The minimum atomic E-state index is -0.823. The van der Waals surface area contributed by atoms with E-state index in [-0.39, 0.29) is 25.2 Å². The molecule has 1 saturated heterocycles. The Bertz CT molecular complexity index is 355. The van der Waals surface area contributed by atoms with Crippen LogP contribution >= 0.6 is 0 Å². The number of piperidine rings is 1. The fourth-order valence-electron chi connectivity index (χ4n) is 2.87. The van der Waals surface area contributed by atoms with E-state index in [2.05, 4.69) is 5.32 Å². The molecule has 0 aromatic rings. The van der Waals surface area contributed by atoms with Crippen LogP contribution in [0.3, 0.4) is 0 Å². The molecule has 0 spiro atoms. The Balaban J connectivity index is 1.88. The Labute approximate surface area is 112 Å². The number of carbonyl (C=O) groups is 2. The highest BCUT2D eigenvalue weighted by Crippen LogP contribution is 2.40. The average molecular weight is 270 g/mol. The number of likely N-dealkylation sites (tertiary alicyclic amines) is 1. The highest BCUT2D eigenvalue weighted by atomic mass is 16.4. The summed E-state index contributed by atoms with van der Waals surface area (Å²) in [7, 11) is 0. The predicted molar refractivity (Wildman–Crippen MR) is 68.7 cm³/mol. The predicted octanol–water partition coefficient (Wildman–Crippen LogP) is 0.798. The largest absolute Gasteiger partial charge is 0.481 e. The number of aliphatic hydroxyl groups is 1. The molecule has 1 aliphatic heterocycles. The van der Waals surface area contributed by atoms with E-state index in [1.807, 2.05) is 0 Å². The molecule has 108 valence electrons. The van der Waals surface area contributed by atoms with Crippen molar-refractivity contribution in [1.29, 1.82) is 0 Å². The lowest BCUT2D eigenvalue weighted by Crippen LogP contribution is -2.54. The van der Waals surface area contributed by atoms with Crippen LogP contribution in [0.2, 0.25) is 0 Å². The van der Waals surface area contributed by atoms with Crippen molar-refractivity contribution in [3.05, 3.63) is 0 Å². The molecule has 2 rings (SSSR count). The molecule has 1 atom stereocenters. The van der Waals surface area contributed by atoms with Gasteiger partial charge >= 0.3 is 12.0 Å². The molecule has 19 heavy (non-hydrogen) atoms. The molecule has 1 heterocycles. The van der Waals surface area contributed by atoms with Crippen LogP contribution in [0.25, 0.3) is 0 Å². The summed E-state index contributed by atoms with van der Waals surface area (Å²) in [6.07, 6.45) is 4.94. The first kappa shape index (κ1) is 14.1. The zero-order valence-electron chi connectivity index (χ0n) is 11.1. The molecule has 6 nitrogen and oxygen atoms in total. The van der Waals surface area contributed by atoms with Crippen molar-refractivity contribution in [3.8, 4) is 0 Å². The molecule has 2 amide bonds. The van der Waals surface area contributed by atoms with Gasteiger partial charge in [0.25, 0.3) is 0 Å². The van der Waals surface area contributed by atoms with Crippen molar-refractivity contribution in [1.82, 2.24) is 10.2 Å². The topological polar surface area (TPSA) is 89.9 Å². The van der Waals surface area contributed by atoms with Gasteiger partial charge < -0.3 is 20.4 Å². The standard InChI is InChI=1S/C13H22N2O4/c16-8-10-4-1-2-7-15(10)12(19)14-9-13(11(17)18)5-3-6-13/h10,16H,1-9H2,(H,14,19)(H,17,18). The molecule has 0 bridgehead atoms. The lowest BCUT2D eigenvalue weighted by Gasteiger charge is -2.39. The van der Waals surface area contributed by atoms with Crippen LogP contribution < -0.4 is 5.32 Å². The van der Waals surface area contributed by atoms with Gasteiger partial charge in [-0.15, -0.1) is 0 Å². The molecular formula is C13H22N2O4. The van der Waals surface area contributed by atoms with Gasteiger partial charge in [0.15, 0.2) is 0 Å². The lowest BCUT2D eigenvalue weighted by molar-refractivity contribution is -0.153. The summed E-state index contributed by atoms with van der Waals surface area (Å²) in [6.45, 7) is 0.796. The molecule has 2 fully saturated rings. The van der Waals surface area contributed by atoms with E-state index in [0.717, 1.165) is 25.7 Å². The number of nitrogens with zero attached hydrogens (tertiary/aromatic N) is 1. The van der Waals surface area contributed by atoms with E-state index >= 15 is 0 Å². The fourth-order valence-corrected chi connectivity index (χ4v) is 2.87. The molecule has 0 radical (unpaired) electrons. The number of nitrogens with one attached hydrogen (secondary N) is 1. The number of hydrogen-bond donors (Lipinski definition) is 3. The van der Waals surface area contributed by atoms with Crippen molar-refractivity contribution >= 4 is 12.0 Å². The Morgan fingerprint density at radius 3 is 2.53 bits per heavy atom. The van der Waals surface area contributed by atoms with Gasteiger partial charge in [-0.3, -0.25) is 4.79 Å². The van der Waals surface area contributed by atoms with Crippen LogP contribution in [-0.2, 0) is 4.79 Å². The van der Waals surface area contributed by atoms with E-state index in [9.17, 15) is 19.8 Å². The van der Waals surface area contributed by atoms with Crippen LogP contribution in [0.15, 0.2) is 0 Å². The Morgan fingerprint density at radius 1 is 1.26 bits per heavy atom. The summed E-state index contributed by atoms with van der Waals surface area (Å²) in [5, 5.41) is 21.2. The molecule has 6 heteroatoms. The first-order valence-corrected chi connectivity index (χ1v) is 6.98. The van der Waals surface area contributed by atoms with Crippen molar-refractivity contribution in [3.63, 3.8) is 0 Å². The number of aliphatic hydroxyl groups excluding tert-OH is 1. The second kappa shape index (κ2) is 5.77. The van der Waals surface area contributed by atoms with Gasteiger partial charge in [-0.05, 0) is 32.1 Å². The molecule has 3 N–H and O–H groups in total. The quantitative estimate of drug-likeness (QED) is 0.704. The zero-order valence-corrected chi connectivity index (χ0v) is 11.1. The molecule has 1 aliphatic carbocycles. The monoisotopic (exact) mass is 270 g/mol. The van der Waals surface area contributed by atoms with Crippen molar-refractivity contribution in [2.24, 2.45) is 5.41 Å². The van der Waals surface area contributed by atoms with Crippen LogP contribution in [0.5, 0.6) is 0 Å². The second-order valence-corrected chi connectivity index (χ2v) is 5.62. The summed E-state index contributed by atoms with van der Waals surface area (Å²) in [6, 6.07) is -0.373. The number of amides is 2. The maximum Gasteiger partial charge on any atom is 0.317 e. The number of aliphatic carboxylic acids is 1. The zero-order chi connectivity index (χ0) is 13.9.